The van der Waals surface area contributed by atoms with Gasteiger partial charge in [0, 0.05) is 23.6 Å². The van der Waals surface area contributed by atoms with Gasteiger partial charge in [-0.15, -0.1) is 0 Å². The van der Waals surface area contributed by atoms with Crippen LogP contribution in [0.1, 0.15) is 41.8 Å². The summed E-state index contributed by atoms with van der Waals surface area (Å²) in [5.41, 5.74) is 4.57. The molecule has 8 heteroatoms. The number of aromatic nitrogens is 3. The molecule has 1 saturated heterocycles. The highest BCUT2D eigenvalue weighted by molar-refractivity contribution is 5.94. The number of hydrogen-bond acceptors (Lipinski definition) is 7. The monoisotopic (exact) mass is 457 g/mol. The number of anilines is 1. The number of nitrogens with one attached hydrogen (secondary N) is 1. The average molecular weight is 458 g/mol. The number of rotatable bonds is 6. The summed E-state index contributed by atoms with van der Waals surface area (Å²) in [4.78, 5) is 9.34. The predicted molar refractivity (Wildman–Crippen MR) is 130 cm³/mol. The fourth-order valence-corrected chi connectivity index (χ4v) is 4.56. The lowest BCUT2D eigenvalue weighted by molar-refractivity contribution is 0.139. The maximum Gasteiger partial charge on any atom is 0.236 e. The maximum absolute atomic E-state index is 9.44. The van der Waals surface area contributed by atoms with Gasteiger partial charge in [0.2, 0.25) is 5.78 Å². The summed E-state index contributed by atoms with van der Waals surface area (Å²) in [5, 5.41) is 13.9. The quantitative estimate of drug-likeness (QED) is 0.448. The van der Waals surface area contributed by atoms with Crippen molar-refractivity contribution in [3.63, 3.8) is 0 Å². The maximum atomic E-state index is 9.44. The van der Waals surface area contributed by atoms with Crippen LogP contribution in [-0.4, -0.2) is 40.8 Å². The van der Waals surface area contributed by atoms with Crippen LogP contribution in [-0.2, 0) is 4.74 Å². The van der Waals surface area contributed by atoms with Crippen molar-refractivity contribution in [2.24, 2.45) is 0 Å². The van der Waals surface area contributed by atoms with Gasteiger partial charge in [0.05, 0.1) is 49.7 Å². The Hall–Kier alpha value is -3.83. The van der Waals surface area contributed by atoms with E-state index in [-0.39, 0.29) is 12.1 Å². The molecule has 1 N–H and O–H groups in total. The third-order valence-corrected chi connectivity index (χ3v) is 6.41. The second-order valence-electron chi connectivity index (χ2n) is 8.62. The molecule has 1 aliphatic rings. The summed E-state index contributed by atoms with van der Waals surface area (Å²) in [6.07, 6.45) is 2.64. The fourth-order valence-electron chi connectivity index (χ4n) is 4.56. The average Bonchev–Trinajstić information content (AvgIpc) is 3.48. The zero-order chi connectivity index (χ0) is 23.8. The number of hydrogen-bond donors (Lipinski definition) is 1. The van der Waals surface area contributed by atoms with Gasteiger partial charge in [-0.2, -0.15) is 10.2 Å². The zero-order valence-corrected chi connectivity index (χ0v) is 19.8. The molecule has 2 aromatic heterocycles. The van der Waals surface area contributed by atoms with E-state index >= 15 is 0 Å². The molecular formula is C26H27N5O3. The van der Waals surface area contributed by atoms with Crippen molar-refractivity contribution in [3.05, 3.63) is 58.9 Å². The van der Waals surface area contributed by atoms with Crippen LogP contribution in [0.25, 0.3) is 16.7 Å². The van der Waals surface area contributed by atoms with E-state index in [1.165, 1.54) is 0 Å². The molecule has 1 fully saturated rings. The smallest absolute Gasteiger partial charge is 0.236 e. The summed E-state index contributed by atoms with van der Waals surface area (Å²) in [5.74, 6) is 2.60. The Labute approximate surface area is 198 Å². The summed E-state index contributed by atoms with van der Waals surface area (Å²) in [7, 11) is 1.64. The van der Waals surface area contributed by atoms with Crippen molar-refractivity contribution in [1.29, 1.82) is 5.26 Å². The Morgan fingerprint density at radius 2 is 2.12 bits per heavy atom. The van der Waals surface area contributed by atoms with Crippen LogP contribution in [0.4, 0.5) is 5.82 Å². The Bertz CT molecular complexity index is 1420. The molecule has 174 valence electrons. The van der Waals surface area contributed by atoms with E-state index in [2.05, 4.69) is 23.3 Å². The lowest BCUT2D eigenvalue weighted by atomic mass is 9.98. The first-order valence-electron chi connectivity index (χ1n) is 11.4. The van der Waals surface area contributed by atoms with Gasteiger partial charge in [0.1, 0.15) is 11.9 Å². The molecule has 0 bridgehead atoms. The van der Waals surface area contributed by atoms with E-state index in [1.54, 1.807) is 7.11 Å². The molecule has 3 heterocycles. The number of nitrogens with zero attached hydrogens (tertiary/aromatic N) is 4. The van der Waals surface area contributed by atoms with Gasteiger partial charge in [0.25, 0.3) is 0 Å². The lowest BCUT2D eigenvalue weighted by Crippen LogP contribution is -2.16. The Morgan fingerprint density at radius 3 is 2.85 bits per heavy atom. The number of nitriles is 1. The molecule has 8 nitrogen and oxygen atoms in total. The standard InChI is InChI=1S/C26H27N5O3/c1-15-13-28-26-30-25(29-17(3)20-7-5-6-18(12-27)16(20)2)21-10-24(34-19-8-9-33-14-19)23(32-4)11-22(21)31(15)26/h5-7,10-11,13,17,19H,8-9,14H2,1-4H3,(H,28,29,30). The molecule has 1 aliphatic heterocycles. The van der Waals surface area contributed by atoms with E-state index in [4.69, 9.17) is 19.2 Å². The minimum absolute atomic E-state index is 0.00951. The summed E-state index contributed by atoms with van der Waals surface area (Å²) in [6.45, 7) is 7.30. The van der Waals surface area contributed by atoms with E-state index in [0.717, 1.165) is 34.1 Å². The molecule has 0 amide bonds. The van der Waals surface area contributed by atoms with Crippen molar-refractivity contribution in [3.8, 4) is 17.6 Å². The first-order valence-corrected chi connectivity index (χ1v) is 11.4. The van der Waals surface area contributed by atoms with Gasteiger partial charge in [-0.25, -0.2) is 4.98 Å². The van der Waals surface area contributed by atoms with Gasteiger partial charge in [-0.1, -0.05) is 12.1 Å². The Balaban J connectivity index is 1.64. The molecule has 5 rings (SSSR count). The lowest BCUT2D eigenvalue weighted by Gasteiger charge is -2.21. The minimum Gasteiger partial charge on any atom is -0.493 e. The van der Waals surface area contributed by atoms with Crippen LogP contribution in [0, 0.1) is 25.2 Å². The van der Waals surface area contributed by atoms with Crippen LogP contribution < -0.4 is 14.8 Å². The highest BCUT2D eigenvalue weighted by atomic mass is 16.6. The van der Waals surface area contributed by atoms with Crippen LogP contribution in [0.15, 0.2) is 36.5 Å². The normalized spacial score (nSPS) is 16.5. The number of ether oxygens (including phenoxy) is 3. The summed E-state index contributed by atoms with van der Waals surface area (Å²) < 4.78 is 19.4. The van der Waals surface area contributed by atoms with Crippen LogP contribution in [0.3, 0.4) is 0 Å². The largest absolute Gasteiger partial charge is 0.493 e. The number of methoxy groups -OCH3 is 1. The second kappa shape index (κ2) is 8.84. The van der Waals surface area contributed by atoms with Crippen molar-refractivity contribution in [1.82, 2.24) is 14.4 Å². The molecule has 2 aromatic carbocycles. The van der Waals surface area contributed by atoms with Crippen LogP contribution in [0.5, 0.6) is 11.5 Å². The van der Waals surface area contributed by atoms with E-state index in [0.29, 0.717) is 41.9 Å². The molecule has 0 radical (unpaired) electrons. The van der Waals surface area contributed by atoms with Crippen LogP contribution in [0.2, 0.25) is 0 Å². The number of aryl methyl sites for hydroxylation is 1. The van der Waals surface area contributed by atoms with Crippen molar-refractivity contribution in [2.45, 2.75) is 39.3 Å². The van der Waals surface area contributed by atoms with Gasteiger partial charge in [-0.05, 0) is 44.0 Å². The molecule has 4 aromatic rings. The minimum atomic E-state index is -0.0859. The summed E-state index contributed by atoms with van der Waals surface area (Å²) >= 11 is 0. The first kappa shape index (κ1) is 22.0. The van der Waals surface area contributed by atoms with E-state index in [1.807, 2.05) is 54.8 Å². The molecule has 2 atom stereocenters. The molecular weight excluding hydrogens is 430 g/mol. The Kier molecular flexibility index (Phi) is 5.72. The molecule has 2 unspecified atom stereocenters. The number of benzene rings is 2. The number of fused-ring (bicyclic) bond motifs is 3. The fraction of sp³-hybridized carbons (Fsp3) is 0.346. The molecule has 0 aliphatic carbocycles. The van der Waals surface area contributed by atoms with E-state index in [9.17, 15) is 5.26 Å². The highest BCUT2D eigenvalue weighted by Crippen LogP contribution is 2.38. The van der Waals surface area contributed by atoms with Crippen LogP contribution >= 0.6 is 0 Å². The summed E-state index contributed by atoms with van der Waals surface area (Å²) in [6, 6.07) is 11.9. The Morgan fingerprint density at radius 1 is 1.26 bits per heavy atom. The van der Waals surface area contributed by atoms with Crippen molar-refractivity contribution >= 4 is 22.5 Å². The molecule has 0 spiro atoms. The van der Waals surface area contributed by atoms with E-state index < -0.39 is 0 Å². The third-order valence-electron chi connectivity index (χ3n) is 6.41. The third kappa shape index (κ3) is 3.78. The highest BCUT2D eigenvalue weighted by Gasteiger charge is 2.22. The zero-order valence-electron chi connectivity index (χ0n) is 19.8. The SMILES string of the molecule is COc1cc2c(cc1OC1CCOC1)c(NC(C)c1cccc(C#N)c1C)nc1ncc(C)n12. The van der Waals surface area contributed by atoms with Gasteiger partial charge in [-0.3, -0.25) is 4.40 Å². The van der Waals surface area contributed by atoms with Gasteiger partial charge in [0.15, 0.2) is 11.5 Å². The predicted octanol–water partition coefficient (Wildman–Crippen LogP) is 4.72. The van der Waals surface area contributed by atoms with Gasteiger partial charge >= 0.3 is 0 Å². The van der Waals surface area contributed by atoms with Crippen molar-refractivity contribution in [2.75, 3.05) is 25.6 Å². The second-order valence-corrected chi connectivity index (χ2v) is 8.62. The molecule has 34 heavy (non-hydrogen) atoms. The molecule has 0 saturated carbocycles. The topological polar surface area (TPSA) is 93.7 Å². The first-order chi connectivity index (χ1) is 16.5. The van der Waals surface area contributed by atoms with Gasteiger partial charge < -0.3 is 19.5 Å². The van der Waals surface area contributed by atoms with Crippen molar-refractivity contribution < 1.29 is 14.2 Å². The number of imidazole rings is 1.